The minimum absolute atomic E-state index is 0.128. The molecule has 0 heterocycles. The van der Waals surface area contributed by atoms with Crippen molar-refractivity contribution >= 4 is 16.7 Å². The summed E-state index contributed by atoms with van der Waals surface area (Å²) in [6, 6.07) is 10.4. The van der Waals surface area contributed by atoms with E-state index < -0.39 is 5.97 Å². The van der Waals surface area contributed by atoms with Crippen LogP contribution in [0.25, 0.3) is 10.8 Å². The predicted octanol–water partition coefficient (Wildman–Crippen LogP) is 2.10. The van der Waals surface area contributed by atoms with Crippen molar-refractivity contribution < 1.29 is 19.4 Å². The molecule has 1 N–H and O–H groups in total. The fourth-order valence-corrected chi connectivity index (χ4v) is 1.56. The molecule has 2 aromatic rings. The molecular formula is C13H12O4. The van der Waals surface area contributed by atoms with Crippen LogP contribution in [0.1, 0.15) is 0 Å². The first-order valence-electron chi connectivity index (χ1n) is 5.12. The Labute approximate surface area is 98.4 Å². The van der Waals surface area contributed by atoms with E-state index in [1.54, 1.807) is 30.3 Å². The maximum Gasteiger partial charge on any atom is 0.343 e. The SMILES string of the molecule is COC(=O)COc1cccc2cc(O)ccc12. The average molecular weight is 232 g/mol. The number of carbonyl (C=O) groups is 1. The maximum atomic E-state index is 11.0. The Balaban J connectivity index is 2.31. The molecule has 0 unspecified atom stereocenters. The number of phenols is 1. The molecule has 0 aliphatic rings. The van der Waals surface area contributed by atoms with Crippen LogP contribution in [0.5, 0.6) is 11.5 Å². The third-order valence-corrected chi connectivity index (χ3v) is 2.40. The molecule has 0 radical (unpaired) electrons. The van der Waals surface area contributed by atoms with Gasteiger partial charge in [0.05, 0.1) is 7.11 Å². The highest BCUT2D eigenvalue weighted by Gasteiger charge is 2.05. The Bertz CT molecular complexity index is 548. The Morgan fingerprint density at radius 3 is 2.88 bits per heavy atom. The van der Waals surface area contributed by atoms with Crippen molar-refractivity contribution in [1.82, 2.24) is 0 Å². The average Bonchev–Trinajstić information content (AvgIpc) is 2.35. The minimum Gasteiger partial charge on any atom is -0.508 e. The van der Waals surface area contributed by atoms with Crippen LogP contribution < -0.4 is 4.74 Å². The van der Waals surface area contributed by atoms with E-state index in [1.807, 2.05) is 6.07 Å². The fraction of sp³-hybridized carbons (Fsp3) is 0.154. The van der Waals surface area contributed by atoms with E-state index in [0.717, 1.165) is 10.8 Å². The molecule has 0 saturated carbocycles. The number of benzene rings is 2. The second-order valence-corrected chi connectivity index (χ2v) is 3.53. The van der Waals surface area contributed by atoms with Crippen molar-refractivity contribution in [2.24, 2.45) is 0 Å². The van der Waals surface area contributed by atoms with Crippen LogP contribution in [0.2, 0.25) is 0 Å². The lowest BCUT2D eigenvalue weighted by Crippen LogP contribution is -2.12. The second-order valence-electron chi connectivity index (χ2n) is 3.53. The topological polar surface area (TPSA) is 55.8 Å². The molecule has 0 aromatic heterocycles. The molecule has 0 atom stereocenters. The van der Waals surface area contributed by atoms with E-state index in [1.165, 1.54) is 7.11 Å². The third kappa shape index (κ3) is 2.47. The molecule has 0 fully saturated rings. The molecule has 2 rings (SSSR count). The van der Waals surface area contributed by atoms with Crippen LogP contribution in [0.3, 0.4) is 0 Å². The molecule has 88 valence electrons. The Morgan fingerprint density at radius 1 is 1.29 bits per heavy atom. The van der Waals surface area contributed by atoms with E-state index in [0.29, 0.717) is 5.75 Å². The van der Waals surface area contributed by atoms with E-state index in [-0.39, 0.29) is 12.4 Å². The smallest absolute Gasteiger partial charge is 0.343 e. The van der Waals surface area contributed by atoms with Crippen LogP contribution in [-0.2, 0) is 9.53 Å². The van der Waals surface area contributed by atoms with Crippen molar-refractivity contribution in [3.63, 3.8) is 0 Å². The quantitative estimate of drug-likeness (QED) is 0.823. The molecule has 0 aliphatic carbocycles. The van der Waals surface area contributed by atoms with Crippen LogP contribution >= 0.6 is 0 Å². The Kier molecular flexibility index (Phi) is 3.14. The van der Waals surface area contributed by atoms with E-state index >= 15 is 0 Å². The molecule has 0 saturated heterocycles. The van der Waals surface area contributed by atoms with E-state index in [4.69, 9.17) is 4.74 Å². The maximum absolute atomic E-state index is 11.0. The molecule has 17 heavy (non-hydrogen) atoms. The van der Waals surface area contributed by atoms with Gasteiger partial charge in [-0.15, -0.1) is 0 Å². The lowest BCUT2D eigenvalue weighted by atomic mass is 10.1. The van der Waals surface area contributed by atoms with Crippen LogP contribution in [-0.4, -0.2) is 24.8 Å². The van der Waals surface area contributed by atoms with Crippen LogP contribution in [0.4, 0.5) is 0 Å². The number of fused-ring (bicyclic) bond motifs is 1. The van der Waals surface area contributed by atoms with E-state index in [2.05, 4.69) is 4.74 Å². The van der Waals surface area contributed by atoms with Gasteiger partial charge in [0.2, 0.25) is 0 Å². The standard InChI is InChI=1S/C13H12O4/c1-16-13(15)8-17-12-4-2-3-9-7-10(14)5-6-11(9)12/h2-7,14H,8H2,1H3. The predicted molar refractivity (Wildman–Crippen MR) is 63.1 cm³/mol. The molecule has 4 nitrogen and oxygen atoms in total. The number of phenolic OH excluding ortho intramolecular Hbond substituents is 1. The number of carbonyl (C=O) groups excluding carboxylic acids is 1. The van der Waals surface area contributed by atoms with Crippen molar-refractivity contribution in [2.45, 2.75) is 0 Å². The van der Waals surface area contributed by atoms with Crippen molar-refractivity contribution in [3.05, 3.63) is 36.4 Å². The van der Waals surface area contributed by atoms with Crippen molar-refractivity contribution in [2.75, 3.05) is 13.7 Å². The molecule has 4 heteroatoms. The number of rotatable bonds is 3. The van der Waals surface area contributed by atoms with Gasteiger partial charge in [0.1, 0.15) is 11.5 Å². The Hall–Kier alpha value is -2.23. The van der Waals surface area contributed by atoms with Gasteiger partial charge in [-0.1, -0.05) is 12.1 Å². The summed E-state index contributed by atoms with van der Waals surface area (Å²) in [6.45, 7) is -0.128. The van der Waals surface area contributed by atoms with Gasteiger partial charge in [-0.05, 0) is 29.7 Å². The van der Waals surface area contributed by atoms with Gasteiger partial charge in [0, 0.05) is 5.39 Å². The fourth-order valence-electron chi connectivity index (χ4n) is 1.56. The van der Waals surface area contributed by atoms with Gasteiger partial charge in [0.25, 0.3) is 0 Å². The van der Waals surface area contributed by atoms with Crippen molar-refractivity contribution in [1.29, 1.82) is 0 Å². The zero-order valence-electron chi connectivity index (χ0n) is 9.34. The minimum atomic E-state index is -0.430. The normalized spacial score (nSPS) is 10.2. The van der Waals surface area contributed by atoms with Gasteiger partial charge in [0.15, 0.2) is 6.61 Å². The van der Waals surface area contributed by atoms with Gasteiger partial charge < -0.3 is 14.6 Å². The largest absolute Gasteiger partial charge is 0.508 e. The molecule has 0 aliphatic heterocycles. The number of ether oxygens (including phenoxy) is 2. The van der Waals surface area contributed by atoms with Gasteiger partial charge in [-0.3, -0.25) is 0 Å². The van der Waals surface area contributed by atoms with Gasteiger partial charge in [-0.25, -0.2) is 4.79 Å². The molecule has 0 amide bonds. The number of aromatic hydroxyl groups is 1. The lowest BCUT2D eigenvalue weighted by molar-refractivity contribution is -0.142. The van der Waals surface area contributed by atoms with Crippen LogP contribution in [0, 0.1) is 0 Å². The number of methoxy groups -OCH3 is 1. The summed E-state index contributed by atoms with van der Waals surface area (Å²) in [5.41, 5.74) is 0. The molecule has 0 spiro atoms. The third-order valence-electron chi connectivity index (χ3n) is 2.40. The number of hydrogen-bond acceptors (Lipinski definition) is 4. The van der Waals surface area contributed by atoms with Gasteiger partial charge in [-0.2, -0.15) is 0 Å². The zero-order valence-corrected chi connectivity index (χ0v) is 9.34. The summed E-state index contributed by atoms with van der Waals surface area (Å²) in [5, 5.41) is 11.1. The summed E-state index contributed by atoms with van der Waals surface area (Å²) in [7, 11) is 1.31. The molecule has 0 bridgehead atoms. The Morgan fingerprint density at radius 2 is 2.12 bits per heavy atom. The summed E-state index contributed by atoms with van der Waals surface area (Å²) < 4.78 is 9.85. The zero-order chi connectivity index (χ0) is 12.3. The molecule has 2 aromatic carbocycles. The van der Waals surface area contributed by atoms with Gasteiger partial charge >= 0.3 is 5.97 Å². The highest BCUT2D eigenvalue weighted by atomic mass is 16.6. The summed E-state index contributed by atoms with van der Waals surface area (Å²) in [4.78, 5) is 11.0. The summed E-state index contributed by atoms with van der Waals surface area (Å²) >= 11 is 0. The monoisotopic (exact) mass is 232 g/mol. The highest BCUT2D eigenvalue weighted by Crippen LogP contribution is 2.28. The first-order valence-corrected chi connectivity index (χ1v) is 5.12. The first-order chi connectivity index (χ1) is 8.20. The van der Waals surface area contributed by atoms with E-state index in [9.17, 15) is 9.90 Å². The van der Waals surface area contributed by atoms with Crippen molar-refractivity contribution in [3.8, 4) is 11.5 Å². The van der Waals surface area contributed by atoms with Crippen LogP contribution in [0.15, 0.2) is 36.4 Å². The molecular weight excluding hydrogens is 220 g/mol. The lowest BCUT2D eigenvalue weighted by Gasteiger charge is -2.08. The highest BCUT2D eigenvalue weighted by molar-refractivity contribution is 5.89. The number of hydrogen-bond donors (Lipinski definition) is 1. The first kappa shape index (κ1) is 11.3. The summed E-state index contributed by atoms with van der Waals surface area (Å²) in [6.07, 6.45) is 0. The summed E-state index contributed by atoms with van der Waals surface area (Å²) in [5.74, 6) is 0.358. The number of esters is 1. The second kappa shape index (κ2) is 4.74.